The summed E-state index contributed by atoms with van der Waals surface area (Å²) in [4.78, 5) is 7.96. The van der Waals surface area contributed by atoms with Crippen molar-refractivity contribution in [2.45, 2.75) is 6.92 Å². The van der Waals surface area contributed by atoms with Gasteiger partial charge in [-0.15, -0.1) is 0 Å². The average Bonchev–Trinajstić information content (AvgIpc) is 2.78. The van der Waals surface area contributed by atoms with E-state index < -0.39 is 0 Å². The number of benzene rings is 2. The summed E-state index contributed by atoms with van der Waals surface area (Å²) < 4.78 is 1.05. The lowest BCUT2D eigenvalue weighted by Gasteiger charge is -1.99. The minimum atomic E-state index is 0.755. The van der Waals surface area contributed by atoms with Gasteiger partial charge in [0.1, 0.15) is 5.82 Å². The van der Waals surface area contributed by atoms with Gasteiger partial charge in [-0.1, -0.05) is 29.8 Å². The fourth-order valence-electron chi connectivity index (χ4n) is 1.96. The van der Waals surface area contributed by atoms with E-state index in [1.165, 1.54) is 5.56 Å². The summed E-state index contributed by atoms with van der Waals surface area (Å²) in [6, 6.07) is 12.1. The molecule has 0 saturated carbocycles. The number of imidazole rings is 1. The van der Waals surface area contributed by atoms with Crippen molar-refractivity contribution in [2.75, 3.05) is 0 Å². The zero-order valence-electron chi connectivity index (χ0n) is 9.67. The molecular formula is C14H10ClIN2. The molecule has 0 fully saturated rings. The Balaban J connectivity index is 2.19. The van der Waals surface area contributed by atoms with Crippen molar-refractivity contribution >= 4 is 45.2 Å². The van der Waals surface area contributed by atoms with Crippen LogP contribution in [0.4, 0.5) is 0 Å². The van der Waals surface area contributed by atoms with Crippen LogP contribution in [0.15, 0.2) is 36.4 Å². The first kappa shape index (κ1) is 12.0. The Hall–Kier alpha value is -1.07. The quantitative estimate of drug-likeness (QED) is 0.614. The number of aryl methyl sites for hydroxylation is 1. The maximum Gasteiger partial charge on any atom is 0.138 e. The number of H-pyrrole nitrogens is 1. The van der Waals surface area contributed by atoms with Gasteiger partial charge in [-0.3, -0.25) is 0 Å². The molecule has 0 amide bonds. The van der Waals surface area contributed by atoms with Crippen LogP contribution in [0.1, 0.15) is 5.56 Å². The predicted octanol–water partition coefficient (Wildman–Crippen LogP) is 4.80. The lowest BCUT2D eigenvalue weighted by Crippen LogP contribution is -1.82. The lowest BCUT2D eigenvalue weighted by molar-refractivity contribution is 1.33. The number of para-hydroxylation sites is 1. The molecule has 1 aromatic heterocycles. The van der Waals surface area contributed by atoms with E-state index in [2.05, 4.69) is 45.5 Å². The number of rotatable bonds is 1. The first-order valence-electron chi connectivity index (χ1n) is 5.56. The highest BCUT2D eigenvalue weighted by Gasteiger charge is 2.08. The minimum Gasteiger partial charge on any atom is -0.338 e. The van der Waals surface area contributed by atoms with Crippen LogP contribution in [0.25, 0.3) is 22.4 Å². The second-order valence-electron chi connectivity index (χ2n) is 4.19. The highest BCUT2D eigenvalue weighted by atomic mass is 127. The first-order chi connectivity index (χ1) is 8.65. The molecule has 90 valence electrons. The Kier molecular flexibility index (Phi) is 3.03. The summed E-state index contributed by atoms with van der Waals surface area (Å²) in [6.45, 7) is 2.06. The summed E-state index contributed by atoms with van der Waals surface area (Å²) in [5.74, 6) is 0.859. The van der Waals surface area contributed by atoms with Crippen LogP contribution in [-0.4, -0.2) is 9.97 Å². The fourth-order valence-corrected chi connectivity index (χ4v) is 2.47. The molecular weight excluding hydrogens is 359 g/mol. The van der Waals surface area contributed by atoms with Gasteiger partial charge < -0.3 is 4.98 Å². The SMILES string of the molecule is Cc1cccc2[nH]c(-c3ccc(I)c(Cl)c3)nc12. The second-order valence-corrected chi connectivity index (χ2v) is 5.75. The van der Waals surface area contributed by atoms with E-state index in [4.69, 9.17) is 11.6 Å². The van der Waals surface area contributed by atoms with Crippen LogP contribution in [0.5, 0.6) is 0 Å². The second kappa shape index (κ2) is 4.55. The topological polar surface area (TPSA) is 28.7 Å². The number of halogens is 2. The summed E-state index contributed by atoms with van der Waals surface area (Å²) in [7, 11) is 0. The molecule has 0 spiro atoms. The Labute approximate surface area is 124 Å². The molecule has 0 radical (unpaired) electrons. The number of fused-ring (bicyclic) bond motifs is 1. The summed E-state index contributed by atoms with van der Waals surface area (Å²) in [5.41, 5.74) is 4.25. The van der Waals surface area contributed by atoms with Crippen LogP contribution in [-0.2, 0) is 0 Å². The van der Waals surface area contributed by atoms with Crippen LogP contribution in [0, 0.1) is 10.5 Å². The molecule has 4 heteroatoms. The van der Waals surface area contributed by atoms with Crippen LogP contribution < -0.4 is 0 Å². The van der Waals surface area contributed by atoms with Crippen molar-refractivity contribution in [3.63, 3.8) is 0 Å². The van der Waals surface area contributed by atoms with Crippen molar-refractivity contribution in [1.29, 1.82) is 0 Å². The van der Waals surface area contributed by atoms with Gasteiger partial charge in [-0.25, -0.2) is 4.98 Å². The van der Waals surface area contributed by atoms with Crippen molar-refractivity contribution in [1.82, 2.24) is 9.97 Å². The molecule has 0 bridgehead atoms. The van der Waals surface area contributed by atoms with Gasteiger partial charge in [-0.05, 0) is 53.3 Å². The average molecular weight is 369 g/mol. The minimum absolute atomic E-state index is 0.755. The van der Waals surface area contributed by atoms with E-state index in [1.807, 2.05) is 30.3 Å². The molecule has 2 nitrogen and oxygen atoms in total. The number of nitrogens with zero attached hydrogens (tertiary/aromatic N) is 1. The molecule has 1 heterocycles. The number of nitrogens with one attached hydrogen (secondary N) is 1. The smallest absolute Gasteiger partial charge is 0.138 e. The molecule has 0 saturated heterocycles. The van der Waals surface area contributed by atoms with Crippen molar-refractivity contribution < 1.29 is 0 Å². The summed E-state index contributed by atoms with van der Waals surface area (Å²) in [6.07, 6.45) is 0. The molecule has 2 aromatic carbocycles. The Morgan fingerprint density at radius 1 is 1.22 bits per heavy atom. The zero-order chi connectivity index (χ0) is 12.7. The van der Waals surface area contributed by atoms with Gasteiger partial charge in [0.05, 0.1) is 16.1 Å². The standard InChI is InChI=1S/C14H10ClIN2/c1-8-3-2-4-12-13(8)18-14(17-12)9-5-6-11(16)10(15)7-9/h2-7H,1H3,(H,17,18). The largest absolute Gasteiger partial charge is 0.338 e. The zero-order valence-corrected chi connectivity index (χ0v) is 12.6. The summed E-state index contributed by atoms with van der Waals surface area (Å²) in [5, 5.41) is 0.755. The maximum absolute atomic E-state index is 6.14. The van der Waals surface area contributed by atoms with E-state index in [0.717, 1.165) is 31.0 Å². The molecule has 1 N–H and O–H groups in total. The fraction of sp³-hybridized carbons (Fsp3) is 0.0714. The number of hydrogen-bond acceptors (Lipinski definition) is 1. The molecule has 0 atom stereocenters. The third-order valence-electron chi connectivity index (χ3n) is 2.91. The Bertz CT molecular complexity index is 734. The molecule has 0 aliphatic heterocycles. The first-order valence-corrected chi connectivity index (χ1v) is 7.01. The van der Waals surface area contributed by atoms with Crippen LogP contribution >= 0.6 is 34.2 Å². The molecule has 0 unspecified atom stereocenters. The molecule has 0 aliphatic rings. The third kappa shape index (κ3) is 2.01. The molecule has 3 rings (SSSR count). The van der Waals surface area contributed by atoms with Gasteiger partial charge in [0.25, 0.3) is 0 Å². The highest BCUT2D eigenvalue weighted by Crippen LogP contribution is 2.27. The Morgan fingerprint density at radius 2 is 2.06 bits per heavy atom. The highest BCUT2D eigenvalue weighted by molar-refractivity contribution is 14.1. The van der Waals surface area contributed by atoms with Gasteiger partial charge in [0.15, 0.2) is 0 Å². The van der Waals surface area contributed by atoms with E-state index in [1.54, 1.807) is 0 Å². The van der Waals surface area contributed by atoms with E-state index in [9.17, 15) is 0 Å². The maximum atomic E-state index is 6.14. The monoisotopic (exact) mass is 368 g/mol. The number of aromatic nitrogens is 2. The number of aromatic amines is 1. The van der Waals surface area contributed by atoms with Gasteiger partial charge >= 0.3 is 0 Å². The Morgan fingerprint density at radius 3 is 2.78 bits per heavy atom. The van der Waals surface area contributed by atoms with Crippen molar-refractivity contribution in [2.24, 2.45) is 0 Å². The normalized spacial score (nSPS) is 11.1. The third-order valence-corrected chi connectivity index (χ3v) is 4.48. The predicted molar refractivity (Wildman–Crippen MR) is 84.0 cm³/mol. The van der Waals surface area contributed by atoms with E-state index >= 15 is 0 Å². The van der Waals surface area contributed by atoms with Crippen LogP contribution in [0.2, 0.25) is 5.02 Å². The molecule has 0 aliphatic carbocycles. The van der Waals surface area contributed by atoms with Gasteiger partial charge in [0, 0.05) is 9.13 Å². The molecule has 18 heavy (non-hydrogen) atoms. The van der Waals surface area contributed by atoms with Gasteiger partial charge in [0.2, 0.25) is 0 Å². The van der Waals surface area contributed by atoms with Crippen molar-refractivity contribution in [3.8, 4) is 11.4 Å². The summed E-state index contributed by atoms with van der Waals surface area (Å²) >= 11 is 8.36. The number of hydrogen-bond donors (Lipinski definition) is 1. The van der Waals surface area contributed by atoms with E-state index in [0.29, 0.717) is 0 Å². The van der Waals surface area contributed by atoms with E-state index in [-0.39, 0.29) is 0 Å². The molecule has 3 aromatic rings. The van der Waals surface area contributed by atoms with Crippen LogP contribution in [0.3, 0.4) is 0 Å². The van der Waals surface area contributed by atoms with Crippen molar-refractivity contribution in [3.05, 3.63) is 50.6 Å². The lowest BCUT2D eigenvalue weighted by atomic mass is 10.2. The van der Waals surface area contributed by atoms with Gasteiger partial charge in [-0.2, -0.15) is 0 Å².